The molecule has 36 valence electrons. The molecule has 0 saturated carbocycles. The summed E-state index contributed by atoms with van der Waals surface area (Å²) in [6.45, 7) is 0. The van der Waals surface area contributed by atoms with Gasteiger partial charge in [-0.3, -0.25) is 10.8 Å². The predicted molar refractivity (Wildman–Crippen MR) is 25.3 cm³/mol. The van der Waals surface area contributed by atoms with Gasteiger partial charge in [-0.1, -0.05) is 0 Å². The van der Waals surface area contributed by atoms with Gasteiger partial charge in [0.1, 0.15) is 6.07 Å². The summed E-state index contributed by atoms with van der Waals surface area (Å²) in [5.74, 6) is -0.484. The van der Waals surface area contributed by atoms with Crippen LogP contribution in [0, 0.1) is 22.1 Å². The van der Waals surface area contributed by atoms with E-state index in [0.29, 0.717) is 0 Å². The maximum Gasteiger partial charge on any atom is 0.174 e. The Hall–Kier alpha value is -1.37. The maximum atomic E-state index is 7.81. The molecule has 0 unspecified atom stereocenters. The van der Waals surface area contributed by atoms with Crippen LogP contribution in [0.15, 0.2) is 0 Å². The summed E-state index contributed by atoms with van der Waals surface area (Å²) in [7, 11) is 0. The second kappa shape index (κ2) is 1.92. The largest absolute Gasteiger partial charge is 0.382 e. The van der Waals surface area contributed by atoms with Crippen LogP contribution in [-0.2, 0) is 0 Å². The van der Waals surface area contributed by atoms with Crippen molar-refractivity contribution in [3.05, 3.63) is 0 Å². The third-order valence-corrected chi connectivity index (χ3v) is 0.381. The molecular weight excluding hydrogens is 92.1 g/mol. The van der Waals surface area contributed by atoms with Gasteiger partial charge in [-0.05, 0) is 0 Å². The minimum Gasteiger partial charge on any atom is -0.382 e. The van der Waals surface area contributed by atoms with Gasteiger partial charge in [0, 0.05) is 0 Å². The van der Waals surface area contributed by atoms with Gasteiger partial charge in [0.05, 0.1) is 0 Å². The number of hydrogen-bond donors (Lipinski definition) is 3. The lowest BCUT2D eigenvalue weighted by Crippen LogP contribution is -2.19. The van der Waals surface area contributed by atoms with Crippen molar-refractivity contribution in [2.45, 2.75) is 0 Å². The van der Waals surface area contributed by atoms with Gasteiger partial charge in [-0.2, -0.15) is 5.26 Å². The third-order valence-electron chi connectivity index (χ3n) is 0.381. The number of nitrogens with one attached hydrogen (secondary N) is 2. The van der Waals surface area contributed by atoms with Gasteiger partial charge in [0.25, 0.3) is 0 Å². The van der Waals surface area contributed by atoms with Crippen LogP contribution >= 0.6 is 0 Å². The predicted octanol–water partition coefficient (Wildman–Crippen LogP) is -0.534. The van der Waals surface area contributed by atoms with Crippen molar-refractivity contribution in [1.82, 2.24) is 0 Å². The number of nitriles is 1. The smallest absolute Gasteiger partial charge is 0.174 e. The van der Waals surface area contributed by atoms with E-state index in [0.717, 1.165) is 0 Å². The highest BCUT2D eigenvalue weighted by Crippen LogP contribution is 1.61. The molecule has 0 fully saturated rings. The monoisotopic (exact) mass is 96.0 g/mol. The summed E-state index contributed by atoms with van der Waals surface area (Å²) in [5.41, 5.74) is 4.20. The standard InChI is InChI=1S/C3H4N4/c4-1-2(5)3(6)7/h5H,(H3,6,7). The Morgan fingerprint density at radius 2 is 2.00 bits per heavy atom. The molecule has 0 heterocycles. The fourth-order valence-electron chi connectivity index (χ4n) is 0.0602. The fourth-order valence-corrected chi connectivity index (χ4v) is 0.0602. The first-order chi connectivity index (χ1) is 3.18. The highest BCUT2D eigenvalue weighted by Gasteiger charge is 1.92. The summed E-state index contributed by atoms with van der Waals surface area (Å²) in [4.78, 5) is 0. The molecule has 0 amide bonds. The lowest BCUT2D eigenvalue weighted by atomic mass is 10.4. The van der Waals surface area contributed by atoms with Crippen molar-refractivity contribution in [2.75, 3.05) is 0 Å². The number of nitrogens with zero attached hydrogens (tertiary/aromatic N) is 1. The molecular formula is C3H4N4. The van der Waals surface area contributed by atoms with Gasteiger partial charge in [0.2, 0.25) is 0 Å². The first kappa shape index (κ1) is 5.63. The fraction of sp³-hybridized carbons (Fsp3) is 0. The van der Waals surface area contributed by atoms with E-state index in [2.05, 4.69) is 5.73 Å². The van der Waals surface area contributed by atoms with E-state index in [1.165, 1.54) is 6.07 Å². The highest BCUT2D eigenvalue weighted by atomic mass is 14.7. The Morgan fingerprint density at radius 1 is 1.57 bits per heavy atom. The zero-order valence-corrected chi connectivity index (χ0v) is 3.52. The zero-order valence-electron chi connectivity index (χ0n) is 3.52. The normalized spacial score (nSPS) is 6.71. The lowest BCUT2D eigenvalue weighted by Gasteiger charge is -1.81. The highest BCUT2D eigenvalue weighted by molar-refractivity contribution is 6.44. The van der Waals surface area contributed by atoms with Crippen molar-refractivity contribution >= 4 is 11.5 Å². The van der Waals surface area contributed by atoms with Crippen LogP contribution in [0.1, 0.15) is 0 Å². The topological polar surface area (TPSA) is 97.5 Å². The SMILES string of the molecule is N#CC(=N)C(=N)N. The Balaban J connectivity index is 3.90. The van der Waals surface area contributed by atoms with Gasteiger partial charge in [-0.15, -0.1) is 0 Å². The van der Waals surface area contributed by atoms with Crippen molar-refractivity contribution in [1.29, 1.82) is 16.1 Å². The van der Waals surface area contributed by atoms with Crippen molar-refractivity contribution in [3.8, 4) is 6.07 Å². The van der Waals surface area contributed by atoms with Gasteiger partial charge in [-0.25, -0.2) is 0 Å². The van der Waals surface area contributed by atoms with Crippen LogP contribution in [0.4, 0.5) is 0 Å². The van der Waals surface area contributed by atoms with Crippen LogP contribution in [0.25, 0.3) is 0 Å². The van der Waals surface area contributed by atoms with Crippen LogP contribution in [0.5, 0.6) is 0 Å². The molecule has 0 rings (SSSR count). The molecule has 0 aliphatic heterocycles. The summed E-state index contributed by atoms with van der Waals surface area (Å²) in [6.07, 6.45) is 0. The number of rotatable bonds is 1. The number of nitrogens with two attached hydrogens (primary N) is 1. The number of amidine groups is 1. The van der Waals surface area contributed by atoms with Gasteiger partial charge >= 0.3 is 0 Å². The van der Waals surface area contributed by atoms with Crippen molar-refractivity contribution in [2.24, 2.45) is 5.73 Å². The van der Waals surface area contributed by atoms with Crippen LogP contribution in [-0.4, -0.2) is 11.5 Å². The molecule has 0 aromatic heterocycles. The first-order valence-corrected chi connectivity index (χ1v) is 1.51. The molecule has 4 nitrogen and oxygen atoms in total. The second-order valence-corrected chi connectivity index (χ2v) is 0.900. The van der Waals surface area contributed by atoms with E-state index < -0.39 is 11.5 Å². The molecule has 7 heavy (non-hydrogen) atoms. The lowest BCUT2D eigenvalue weighted by molar-refractivity contribution is 1.44. The van der Waals surface area contributed by atoms with Crippen LogP contribution in [0.3, 0.4) is 0 Å². The van der Waals surface area contributed by atoms with E-state index in [9.17, 15) is 0 Å². The molecule has 0 aliphatic carbocycles. The van der Waals surface area contributed by atoms with E-state index in [4.69, 9.17) is 16.1 Å². The van der Waals surface area contributed by atoms with E-state index in [1.807, 2.05) is 0 Å². The summed E-state index contributed by atoms with van der Waals surface area (Å²) >= 11 is 0. The van der Waals surface area contributed by atoms with E-state index >= 15 is 0 Å². The number of hydrogen-bond acceptors (Lipinski definition) is 3. The van der Waals surface area contributed by atoms with E-state index in [-0.39, 0.29) is 0 Å². The molecule has 4 heteroatoms. The second-order valence-electron chi connectivity index (χ2n) is 0.900. The average molecular weight is 96.1 g/mol. The molecule has 0 spiro atoms. The summed E-state index contributed by atoms with van der Waals surface area (Å²) < 4.78 is 0. The van der Waals surface area contributed by atoms with Crippen LogP contribution < -0.4 is 5.73 Å². The molecule has 0 atom stereocenters. The Kier molecular flexibility index (Phi) is 1.55. The molecule has 4 N–H and O–H groups in total. The molecule has 0 bridgehead atoms. The molecule has 0 aromatic carbocycles. The van der Waals surface area contributed by atoms with Crippen molar-refractivity contribution in [3.63, 3.8) is 0 Å². The van der Waals surface area contributed by atoms with Crippen LogP contribution in [0.2, 0.25) is 0 Å². The quantitative estimate of drug-likeness (QED) is 0.302. The van der Waals surface area contributed by atoms with Crippen molar-refractivity contribution < 1.29 is 0 Å². The Labute approximate surface area is 40.6 Å². The minimum atomic E-state index is -0.486. The van der Waals surface area contributed by atoms with Gasteiger partial charge < -0.3 is 5.73 Å². The Bertz CT molecular complexity index is 140. The zero-order chi connectivity index (χ0) is 5.86. The van der Waals surface area contributed by atoms with Gasteiger partial charge in [0.15, 0.2) is 11.5 Å². The molecule has 0 aromatic rings. The Morgan fingerprint density at radius 3 is 2.00 bits per heavy atom. The summed E-state index contributed by atoms with van der Waals surface area (Å²) in [5, 5.41) is 20.7. The average Bonchev–Trinajstić information content (AvgIpc) is 1.65. The molecule has 0 saturated heterocycles. The first-order valence-electron chi connectivity index (χ1n) is 1.51. The minimum absolute atomic E-state index is 0.484. The maximum absolute atomic E-state index is 7.81. The van der Waals surface area contributed by atoms with E-state index in [1.54, 1.807) is 0 Å². The third kappa shape index (κ3) is 1.49. The summed E-state index contributed by atoms with van der Waals surface area (Å²) in [6, 6.07) is 1.40. The molecule has 0 radical (unpaired) electrons. The molecule has 0 aliphatic rings.